The topological polar surface area (TPSA) is 56.7 Å². The minimum absolute atomic E-state index is 0.406. The van der Waals surface area contributed by atoms with Crippen LogP contribution in [0.2, 0.25) is 5.02 Å². The van der Waals surface area contributed by atoms with Gasteiger partial charge in [-0.3, -0.25) is 0 Å². The quantitative estimate of drug-likeness (QED) is 0.780. The number of fused-ring (bicyclic) bond motifs is 1. The number of halogens is 1. The summed E-state index contributed by atoms with van der Waals surface area (Å²) < 4.78 is 1.69. The summed E-state index contributed by atoms with van der Waals surface area (Å²) in [6.45, 7) is 2.27. The predicted octanol–water partition coefficient (Wildman–Crippen LogP) is 2.84. The second kappa shape index (κ2) is 4.64. The lowest BCUT2D eigenvalue weighted by atomic mass is 10.1. The van der Waals surface area contributed by atoms with Gasteiger partial charge in [-0.05, 0) is 19.1 Å². The van der Waals surface area contributed by atoms with E-state index in [1.807, 2.05) is 37.3 Å². The standard InChI is InChI=1S/C14H13ClN4/c1-9-12(15)8-19(18-9)14-11(7-16)6-10-4-2-3-5-13(10)17-14/h2-6,8H,7,16H2,1H3. The molecule has 0 radical (unpaired) electrons. The molecule has 0 saturated carbocycles. The minimum Gasteiger partial charge on any atom is -0.326 e. The Morgan fingerprint density at radius 2 is 2.11 bits per heavy atom. The fraction of sp³-hybridized carbons (Fsp3) is 0.143. The molecule has 0 saturated heterocycles. The van der Waals surface area contributed by atoms with Gasteiger partial charge in [0.05, 0.1) is 22.4 Å². The molecule has 2 aromatic heterocycles. The molecule has 0 fully saturated rings. The van der Waals surface area contributed by atoms with E-state index in [1.54, 1.807) is 10.9 Å². The van der Waals surface area contributed by atoms with Crippen molar-refractivity contribution < 1.29 is 0 Å². The van der Waals surface area contributed by atoms with Crippen LogP contribution in [-0.2, 0) is 6.54 Å². The summed E-state index contributed by atoms with van der Waals surface area (Å²) >= 11 is 6.05. The number of hydrogen-bond donors (Lipinski definition) is 1. The molecule has 2 N–H and O–H groups in total. The van der Waals surface area contributed by atoms with Crippen LogP contribution in [0.4, 0.5) is 0 Å². The van der Waals surface area contributed by atoms with E-state index in [4.69, 9.17) is 17.3 Å². The van der Waals surface area contributed by atoms with Gasteiger partial charge >= 0.3 is 0 Å². The third-order valence-corrected chi connectivity index (χ3v) is 3.43. The Labute approximate surface area is 115 Å². The van der Waals surface area contributed by atoms with Crippen molar-refractivity contribution in [3.05, 3.63) is 52.8 Å². The number of pyridine rings is 1. The summed E-state index contributed by atoms with van der Waals surface area (Å²) in [7, 11) is 0. The smallest absolute Gasteiger partial charge is 0.158 e. The summed E-state index contributed by atoms with van der Waals surface area (Å²) in [6, 6.07) is 9.98. The van der Waals surface area contributed by atoms with E-state index in [0.717, 1.165) is 28.0 Å². The highest BCUT2D eigenvalue weighted by Gasteiger charge is 2.10. The van der Waals surface area contributed by atoms with E-state index >= 15 is 0 Å². The Kier molecular flexibility index (Phi) is 2.97. The average Bonchev–Trinajstić information content (AvgIpc) is 2.77. The van der Waals surface area contributed by atoms with Crippen LogP contribution < -0.4 is 5.73 Å². The molecule has 0 amide bonds. The van der Waals surface area contributed by atoms with Crippen molar-refractivity contribution in [3.8, 4) is 5.82 Å². The molecule has 0 spiro atoms. The van der Waals surface area contributed by atoms with E-state index in [-0.39, 0.29) is 0 Å². The highest BCUT2D eigenvalue weighted by molar-refractivity contribution is 6.31. The van der Waals surface area contributed by atoms with Gasteiger partial charge < -0.3 is 5.73 Å². The van der Waals surface area contributed by atoms with E-state index in [2.05, 4.69) is 10.1 Å². The maximum atomic E-state index is 6.05. The third-order valence-electron chi connectivity index (χ3n) is 3.06. The van der Waals surface area contributed by atoms with Crippen LogP contribution in [-0.4, -0.2) is 14.8 Å². The number of hydrogen-bond acceptors (Lipinski definition) is 3. The maximum Gasteiger partial charge on any atom is 0.158 e. The van der Waals surface area contributed by atoms with Crippen molar-refractivity contribution in [2.45, 2.75) is 13.5 Å². The van der Waals surface area contributed by atoms with Crippen molar-refractivity contribution in [2.24, 2.45) is 5.73 Å². The summed E-state index contributed by atoms with van der Waals surface area (Å²) in [5.74, 6) is 0.733. The molecule has 96 valence electrons. The molecule has 4 nitrogen and oxygen atoms in total. The number of nitrogens with two attached hydrogens (primary N) is 1. The van der Waals surface area contributed by atoms with Crippen LogP contribution in [0, 0.1) is 6.92 Å². The minimum atomic E-state index is 0.406. The Morgan fingerprint density at radius 3 is 2.79 bits per heavy atom. The third kappa shape index (κ3) is 2.09. The molecular formula is C14H13ClN4. The van der Waals surface area contributed by atoms with Crippen LogP contribution in [0.1, 0.15) is 11.3 Å². The first-order chi connectivity index (χ1) is 9.19. The number of aromatic nitrogens is 3. The zero-order valence-electron chi connectivity index (χ0n) is 10.5. The van der Waals surface area contributed by atoms with Gasteiger partial charge in [-0.25, -0.2) is 9.67 Å². The second-order valence-corrected chi connectivity index (χ2v) is 4.78. The fourth-order valence-electron chi connectivity index (χ4n) is 2.05. The van der Waals surface area contributed by atoms with E-state index < -0.39 is 0 Å². The maximum absolute atomic E-state index is 6.05. The summed E-state index contributed by atoms with van der Waals surface area (Å²) in [5.41, 5.74) is 8.45. The van der Waals surface area contributed by atoms with Crippen LogP contribution in [0.15, 0.2) is 36.5 Å². The zero-order chi connectivity index (χ0) is 13.4. The normalized spacial score (nSPS) is 11.1. The monoisotopic (exact) mass is 272 g/mol. The van der Waals surface area contributed by atoms with Crippen LogP contribution in [0.25, 0.3) is 16.7 Å². The van der Waals surface area contributed by atoms with E-state index in [1.165, 1.54) is 0 Å². The first-order valence-electron chi connectivity index (χ1n) is 6.00. The Balaban J connectivity index is 2.26. The summed E-state index contributed by atoms with van der Waals surface area (Å²) in [5, 5.41) is 6.06. The highest BCUT2D eigenvalue weighted by Crippen LogP contribution is 2.21. The number of para-hydroxylation sites is 1. The lowest BCUT2D eigenvalue weighted by Crippen LogP contribution is -2.07. The molecule has 0 bridgehead atoms. The Bertz CT molecular complexity index is 729. The van der Waals surface area contributed by atoms with Crippen LogP contribution >= 0.6 is 11.6 Å². The van der Waals surface area contributed by atoms with E-state index in [9.17, 15) is 0 Å². The van der Waals surface area contributed by atoms with E-state index in [0.29, 0.717) is 11.6 Å². The van der Waals surface area contributed by atoms with Crippen molar-refractivity contribution in [2.75, 3.05) is 0 Å². The molecule has 3 aromatic rings. The van der Waals surface area contributed by atoms with Gasteiger partial charge in [-0.1, -0.05) is 29.8 Å². The first-order valence-corrected chi connectivity index (χ1v) is 6.37. The zero-order valence-corrected chi connectivity index (χ0v) is 11.2. The van der Waals surface area contributed by atoms with Crippen molar-refractivity contribution in [1.82, 2.24) is 14.8 Å². The molecule has 0 unspecified atom stereocenters. The van der Waals surface area contributed by atoms with Gasteiger partial charge in [0.2, 0.25) is 0 Å². The number of benzene rings is 1. The lowest BCUT2D eigenvalue weighted by molar-refractivity contribution is 0.818. The lowest BCUT2D eigenvalue weighted by Gasteiger charge is -2.08. The second-order valence-electron chi connectivity index (χ2n) is 4.37. The number of aryl methyl sites for hydroxylation is 1. The number of nitrogens with zero attached hydrogens (tertiary/aromatic N) is 3. The van der Waals surface area contributed by atoms with Gasteiger partial charge in [0.1, 0.15) is 0 Å². The average molecular weight is 273 g/mol. The molecule has 0 aliphatic heterocycles. The Hall–Kier alpha value is -1.91. The van der Waals surface area contributed by atoms with Crippen LogP contribution in [0.5, 0.6) is 0 Å². The summed E-state index contributed by atoms with van der Waals surface area (Å²) in [6.07, 6.45) is 1.76. The number of rotatable bonds is 2. The van der Waals surface area contributed by atoms with Crippen molar-refractivity contribution >= 4 is 22.5 Å². The molecule has 0 aliphatic rings. The van der Waals surface area contributed by atoms with Gasteiger partial charge in [0.25, 0.3) is 0 Å². The molecule has 5 heteroatoms. The summed E-state index contributed by atoms with van der Waals surface area (Å²) in [4.78, 5) is 4.63. The molecule has 2 heterocycles. The molecular weight excluding hydrogens is 260 g/mol. The Morgan fingerprint density at radius 1 is 1.32 bits per heavy atom. The largest absolute Gasteiger partial charge is 0.326 e. The van der Waals surface area contributed by atoms with Crippen molar-refractivity contribution in [1.29, 1.82) is 0 Å². The molecule has 0 aliphatic carbocycles. The molecule has 3 rings (SSSR count). The van der Waals surface area contributed by atoms with Gasteiger partial charge in [-0.2, -0.15) is 5.10 Å². The fourth-order valence-corrected chi connectivity index (χ4v) is 2.18. The van der Waals surface area contributed by atoms with Gasteiger partial charge in [0.15, 0.2) is 5.82 Å². The molecule has 0 atom stereocenters. The van der Waals surface area contributed by atoms with Crippen molar-refractivity contribution in [3.63, 3.8) is 0 Å². The SMILES string of the molecule is Cc1nn(-c2nc3ccccc3cc2CN)cc1Cl. The van der Waals surface area contributed by atoms with Crippen LogP contribution in [0.3, 0.4) is 0 Å². The molecule has 1 aromatic carbocycles. The van der Waals surface area contributed by atoms with Gasteiger partial charge in [-0.15, -0.1) is 0 Å². The van der Waals surface area contributed by atoms with Gasteiger partial charge in [0, 0.05) is 17.5 Å². The highest BCUT2D eigenvalue weighted by atomic mass is 35.5. The first kappa shape index (κ1) is 12.1. The molecule has 19 heavy (non-hydrogen) atoms. The predicted molar refractivity (Wildman–Crippen MR) is 76.5 cm³/mol.